The van der Waals surface area contributed by atoms with Crippen molar-refractivity contribution in [1.29, 1.82) is 5.26 Å². The number of nitriles is 1. The Balaban J connectivity index is 2.14. The van der Waals surface area contributed by atoms with Crippen molar-refractivity contribution >= 4 is 9.84 Å². The fourth-order valence-corrected chi connectivity index (χ4v) is 3.91. The molecular formula is C13H24N2O2S. The van der Waals surface area contributed by atoms with Crippen LogP contribution in [0.3, 0.4) is 0 Å². The van der Waals surface area contributed by atoms with Crippen LogP contribution in [0.1, 0.15) is 46.0 Å². The van der Waals surface area contributed by atoms with Crippen LogP contribution >= 0.6 is 0 Å². The van der Waals surface area contributed by atoms with Crippen molar-refractivity contribution in [3.8, 4) is 6.07 Å². The second-order valence-electron chi connectivity index (χ2n) is 5.86. The first-order chi connectivity index (χ1) is 8.35. The summed E-state index contributed by atoms with van der Waals surface area (Å²) in [6.45, 7) is 4.75. The molecule has 0 bridgehead atoms. The van der Waals surface area contributed by atoms with Crippen molar-refractivity contribution in [3.63, 3.8) is 0 Å². The number of nitrogens with one attached hydrogen (secondary N) is 1. The number of sulfone groups is 1. The largest absolute Gasteiger partial charge is 0.313 e. The number of hydrogen-bond donors (Lipinski definition) is 1. The van der Waals surface area contributed by atoms with Gasteiger partial charge in [0.1, 0.15) is 0 Å². The van der Waals surface area contributed by atoms with Gasteiger partial charge in [0.25, 0.3) is 0 Å². The predicted molar refractivity (Wildman–Crippen MR) is 72.9 cm³/mol. The van der Waals surface area contributed by atoms with E-state index in [1.54, 1.807) is 0 Å². The van der Waals surface area contributed by atoms with Crippen LogP contribution in [0.4, 0.5) is 0 Å². The van der Waals surface area contributed by atoms with E-state index >= 15 is 0 Å². The topological polar surface area (TPSA) is 70.0 Å². The molecule has 18 heavy (non-hydrogen) atoms. The third kappa shape index (κ3) is 5.83. The van der Waals surface area contributed by atoms with Gasteiger partial charge in [0.05, 0.1) is 23.0 Å². The highest BCUT2D eigenvalue weighted by molar-refractivity contribution is 7.91. The quantitative estimate of drug-likeness (QED) is 0.749. The average Bonchev–Trinajstić information content (AvgIpc) is 2.27. The Hall–Kier alpha value is -0.600. The zero-order valence-electron chi connectivity index (χ0n) is 11.4. The molecule has 1 unspecified atom stereocenters. The maximum absolute atomic E-state index is 11.4. The van der Waals surface area contributed by atoms with Crippen LogP contribution in [0, 0.1) is 16.7 Å². The Bertz CT molecular complexity index is 396. The van der Waals surface area contributed by atoms with Crippen LogP contribution < -0.4 is 5.32 Å². The molecule has 5 heteroatoms. The number of hydrogen-bond acceptors (Lipinski definition) is 4. The van der Waals surface area contributed by atoms with Crippen LogP contribution in [0.15, 0.2) is 0 Å². The summed E-state index contributed by atoms with van der Waals surface area (Å²) in [5.41, 5.74) is -0.242. The first kappa shape index (κ1) is 15.5. The third-order valence-electron chi connectivity index (χ3n) is 3.43. The summed E-state index contributed by atoms with van der Waals surface area (Å²) in [7, 11) is -2.81. The van der Waals surface area contributed by atoms with Crippen LogP contribution in [0.5, 0.6) is 0 Å². The van der Waals surface area contributed by atoms with Crippen molar-refractivity contribution in [2.24, 2.45) is 5.41 Å². The van der Waals surface area contributed by atoms with Gasteiger partial charge in [-0.2, -0.15) is 5.26 Å². The van der Waals surface area contributed by atoms with E-state index in [0.717, 1.165) is 38.6 Å². The highest BCUT2D eigenvalue weighted by Crippen LogP contribution is 2.21. The third-order valence-corrected chi connectivity index (χ3v) is 5.25. The average molecular weight is 272 g/mol. The Morgan fingerprint density at radius 1 is 1.39 bits per heavy atom. The van der Waals surface area contributed by atoms with Crippen LogP contribution in [-0.4, -0.2) is 32.5 Å². The molecule has 4 nitrogen and oxygen atoms in total. The predicted octanol–water partition coefficient (Wildman–Crippen LogP) is 1.87. The van der Waals surface area contributed by atoms with Gasteiger partial charge >= 0.3 is 0 Å². The molecule has 1 saturated heterocycles. The maximum atomic E-state index is 11.4. The molecule has 0 saturated carbocycles. The molecule has 1 rings (SSSR count). The lowest BCUT2D eigenvalue weighted by Gasteiger charge is -2.23. The molecule has 0 aliphatic carbocycles. The van der Waals surface area contributed by atoms with Gasteiger partial charge in [-0.25, -0.2) is 8.42 Å². The van der Waals surface area contributed by atoms with Gasteiger partial charge in [0.2, 0.25) is 0 Å². The van der Waals surface area contributed by atoms with E-state index in [4.69, 9.17) is 5.26 Å². The fraction of sp³-hybridized carbons (Fsp3) is 0.923. The molecule has 1 N–H and O–H groups in total. The molecule has 0 aromatic heterocycles. The Kier molecular flexibility index (Phi) is 5.61. The summed E-state index contributed by atoms with van der Waals surface area (Å²) < 4.78 is 22.9. The fourth-order valence-electron chi connectivity index (χ4n) is 2.24. The minimum atomic E-state index is -2.81. The molecule has 0 spiro atoms. The van der Waals surface area contributed by atoms with E-state index in [1.165, 1.54) is 0 Å². The van der Waals surface area contributed by atoms with Crippen LogP contribution in [-0.2, 0) is 9.84 Å². The highest BCUT2D eigenvalue weighted by atomic mass is 32.2. The number of unbranched alkanes of at least 4 members (excludes halogenated alkanes) is 1. The Morgan fingerprint density at radius 2 is 2.11 bits per heavy atom. The van der Waals surface area contributed by atoms with Crippen molar-refractivity contribution in [3.05, 3.63) is 0 Å². The van der Waals surface area contributed by atoms with Crippen molar-refractivity contribution in [1.82, 2.24) is 5.32 Å². The molecule has 0 radical (unpaired) electrons. The van der Waals surface area contributed by atoms with Gasteiger partial charge in [-0.05, 0) is 46.1 Å². The molecule has 1 heterocycles. The van der Waals surface area contributed by atoms with Crippen LogP contribution in [0.2, 0.25) is 0 Å². The Labute approximate surface area is 111 Å². The van der Waals surface area contributed by atoms with Gasteiger partial charge in [0.15, 0.2) is 9.84 Å². The highest BCUT2D eigenvalue weighted by Gasteiger charge is 2.24. The molecule has 1 atom stereocenters. The van der Waals surface area contributed by atoms with E-state index in [9.17, 15) is 8.42 Å². The van der Waals surface area contributed by atoms with Crippen molar-refractivity contribution < 1.29 is 8.42 Å². The SMILES string of the molecule is CC(C)(C#N)CCCCNC1CCCS(=O)(=O)C1. The van der Waals surface area contributed by atoms with E-state index in [1.807, 2.05) is 13.8 Å². The first-order valence-corrected chi connectivity index (χ1v) is 8.52. The summed E-state index contributed by atoms with van der Waals surface area (Å²) in [6, 6.07) is 2.42. The molecule has 1 aliphatic rings. The lowest BCUT2D eigenvalue weighted by molar-refractivity contribution is 0.411. The van der Waals surface area contributed by atoms with E-state index in [0.29, 0.717) is 5.75 Å². The molecule has 1 aliphatic heterocycles. The summed E-state index contributed by atoms with van der Waals surface area (Å²) in [6.07, 6.45) is 4.65. The smallest absolute Gasteiger partial charge is 0.151 e. The Morgan fingerprint density at radius 3 is 2.72 bits per heavy atom. The summed E-state index contributed by atoms with van der Waals surface area (Å²) in [5, 5.41) is 12.2. The lowest BCUT2D eigenvalue weighted by Crippen LogP contribution is -2.40. The standard InChI is InChI=1S/C13H24N2O2S/c1-13(2,11-14)7-3-4-8-15-12-6-5-9-18(16,17)10-12/h12,15H,3-10H2,1-2H3. The number of nitrogens with zero attached hydrogens (tertiary/aromatic N) is 1. The van der Waals surface area contributed by atoms with Gasteiger partial charge in [-0.3, -0.25) is 0 Å². The van der Waals surface area contributed by atoms with Gasteiger partial charge in [-0.15, -0.1) is 0 Å². The molecule has 1 fully saturated rings. The molecular weight excluding hydrogens is 248 g/mol. The zero-order valence-corrected chi connectivity index (χ0v) is 12.2. The lowest BCUT2D eigenvalue weighted by atomic mass is 9.89. The van der Waals surface area contributed by atoms with Crippen molar-refractivity contribution in [2.45, 2.75) is 52.0 Å². The van der Waals surface area contributed by atoms with Gasteiger partial charge in [0, 0.05) is 6.04 Å². The minimum absolute atomic E-state index is 0.132. The van der Waals surface area contributed by atoms with E-state index in [2.05, 4.69) is 11.4 Å². The summed E-state index contributed by atoms with van der Waals surface area (Å²) >= 11 is 0. The van der Waals surface area contributed by atoms with E-state index < -0.39 is 9.84 Å². The minimum Gasteiger partial charge on any atom is -0.313 e. The molecule has 104 valence electrons. The zero-order chi connectivity index (χ0) is 13.6. The van der Waals surface area contributed by atoms with E-state index in [-0.39, 0.29) is 17.2 Å². The van der Waals surface area contributed by atoms with Gasteiger partial charge in [-0.1, -0.05) is 6.42 Å². The molecule has 0 aromatic rings. The second-order valence-corrected chi connectivity index (χ2v) is 8.09. The maximum Gasteiger partial charge on any atom is 0.151 e. The summed E-state index contributed by atoms with van der Waals surface area (Å²) in [4.78, 5) is 0. The van der Waals surface area contributed by atoms with Crippen molar-refractivity contribution in [2.75, 3.05) is 18.1 Å². The summed E-state index contributed by atoms with van der Waals surface area (Å²) in [5.74, 6) is 0.637. The molecule has 0 amide bonds. The normalized spacial score (nSPS) is 23.5. The first-order valence-electron chi connectivity index (χ1n) is 6.70. The second kappa shape index (κ2) is 6.53. The van der Waals surface area contributed by atoms with Gasteiger partial charge < -0.3 is 5.32 Å². The molecule has 0 aromatic carbocycles. The monoisotopic (exact) mass is 272 g/mol. The number of rotatable bonds is 6. The van der Waals surface area contributed by atoms with Crippen LogP contribution in [0.25, 0.3) is 0 Å².